The van der Waals surface area contributed by atoms with Crippen LogP contribution in [0.3, 0.4) is 0 Å². The van der Waals surface area contributed by atoms with E-state index in [2.05, 4.69) is 5.32 Å². The number of amides is 1. The van der Waals surface area contributed by atoms with Gasteiger partial charge < -0.3 is 10.4 Å². The van der Waals surface area contributed by atoms with Gasteiger partial charge in [0.15, 0.2) is 0 Å². The van der Waals surface area contributed by atoms with Gasteiger partial charge in [-0.3, -0.25) is 4.90 Å². The molecule has 1 unspecified atom stereocenters. The largest absolute Gasteiger partial charge is 0.465 e. The molecule has 1 saturated heterocycles. The Bertz CT molecular complexity index is 213. The number of hydrogen-bond acceptors (Lipinski definition) is 2. The van der Waals surface area contributed by atoms with Gasteiger partial charge in [0.2, 0.25) is 0 Å². The van der Waals surface area contributed by atoms with E-state index in [-0.39, 0.29) is 0 Å². The quantitative estimate of drug-likeness (QED) is 0.714. The van der Waals surface area contributed by atoms with Crippen LogP contribution in [0.15, 0.2) is 0 Å². The zero-order valence-electron chi connectivity index (χ0n) is 7.34. The highest BCUT2D eigenvalue weighted by Crippen LogP contribution is 2.20. The first kappa shape index (κ1) is 11.1. The van der Waals surface area contributed by atoms with Crippen molar-refractivity contribution in [3.63, 3.8) is 0 Å². The molecule has 4 nitrogen and oxygen atoms in total. The van der Waals surface area contributed by atoms with Gasteiger partial charge in [0.1, 0.15) is 6.54 Å². The third-order valence-electron chi connectivity index (χ3n) is 2.07. The molecular weight excluding hydrogens is 201 g/mol. The molecule has 7 heteroatoms. The third kappa shape index (κ3) is 3.06. The van der Waals surface area contributed by atoms with E-state index < -0.39 is 24.9 Å². The highest BCUT2D eigenvalue weighted by Gasteiger charge is 2.37. The van der Waals surface area contributed by atoms with Crippen molar-refractivity contribution in [2.75, 3.05) is 19.6 Å². The average Bonchev–Trinajstić information content (AvgIpc) is 2.49. The molecule has 0 radical (unpaired) electrons. The maximum atomic E-state index is 12.0. The lowest BCUT2D eigenvalue weighted by Crippen LogP contribution is -2.45. The number of nitrogens with one attached hydrogen (secondary N) is 1. The van der Waals surface area contributed by atoms with E-state index in [0.717, 1.165) is 0 Å². The van der Waals surface area contributed by atoms with Gasteiger partial charge >= 0.3 is 12.3 Å². The molecule has 0 aliphatic carbocycles. The maximum absolute atomic E-state index is 12.0. The predicted molar refractivity (Wildman–Crippen MR) is 42.1 cm³/mol. The summed E-state index contributed by atoms with van der Waals surface area (Å²) in [5.74, 6) is 0. The second-order valence-corrected chi connectivity index (χ2v) is 3.17. The lowest BCUT2D eigenvalue weighted by Gasteiger charge is -2.26. The number of alkyl halides is 3. The highest BCUT2D eigenvalue weighted by molar-refractivity contribution is 5.65. The molecular formula is C7H11F3N2O2. The van der Waals surface area contributed by atoms with Gasteiger partial charge in [-0.25, -0.2) is 4.79 Å². The van der Waals surface area contributed by atoms with Crippen molar-refractivity contribution in [3.8, 4) is 0 Å². The van der Waals surface area contributed by atoms with Crippen molar-refractivity contribution in [1.82, 2.24) is 10.2 Å². The van der Waals surface area contributed by atoms with Crippen LogP contribution in [0.1, 0.15) is 6.42 Å². The normalized spacial score (nSPS) is 22.4. The van der Waals surface area contributed by atoms with E-state index in [0.29, 0.717) is 24.4 Å². The predicted octanol–water partition coefficient (Wildman–Crippen LogP) is 0.891. The molecule has 0 saturated carbocycles. The van der Waals surface area contributed by atoms with Crippen LogP contribution in [-0.4, -0.2) is 48.0 Å². The molecule has 1 rings (SSSR count). The molecule has 1 fully saturated rings. The molecule has 1 aliphatic rings. The Morgan fingerprint density at radius 3 is 2.57 bits per heavy atom. The molecule has 2 N–H and O–H groups in total. The van der Waals surface area contributed by atoms with E-state index in [9.17, 15) is 18.0 Å². The van der Waals surface area contributed by atoms with Crippen LogP contribution in [0.5, 0.6) is 0 Å². The number of rotatable bonds is 2. The Morgan fingerprint density at radius 2 is 2.21 bits per heavy atom. The van der Waals surface area contributed by atoms with Crippen LogP contribution in [0.4, 0.5) is 18.0 Å². The lowest BCUT2D eigenvalue weighted by atomic mass is 10.2. The van der Waals surface area contributed by atoms with E-state index in [1.54, 1.807) is 0 Å². The average molecular weight is 212 g/mol. The molecule has 1 atom stereocenters. The Balaban J connectivity index is 2.59. The van der Waals surface area contributed by atoms with Crippen LogP contribution in [0.25, 0.3) is 0 Å². The summed E-state index contributed by atoms with van der Waals surface area (Å²) in [5, 5.41) is 11.4. The summed E-state index contributed by atoms with van der Waals surface area (Å²) in [5.41, 5.74) is 0. The Labute approximate surface area is 78.7 Å². The molecule has 14 heavy (non-hydrogen) atoms. The van der Waals surface area contributed by atoms with E-state index in [4.69, 9.17) is 5.11 Å². The first-order valence-electron chi connectivity index (χ1n) is 4.17. The van der Waals surface area contributed by atoms with Crippen molar-refractivity contribution in [2.24, 2.45) is 0 Å². The summed E-state index contributed by atoms with van der Waals surface area (Å²) in [4.78, 5) is 11.0. The molecule has 0 aromatic rings. The minimum atomic E-state index is -4.47. The molecule has 0 aromatic carbocycles. The van der Waals surface area contributed by atoms with Gasteiger partial charge in [0.25, 0.3) is 0 Å². The van der Waals surface area contributed by atoms with Crippen molar-refractivity contribution >= 4 is 6.09 Å². The Hall–Kier alpha value is -0.980. The summed E-state index contributed by atoms with van der Waals surface area (Å²) >= 11 is 0. The van der Waals surface area contributed by atoms with E-state index in [1.165, 1.54) is 0 Å². The Kier molecular flexibility index (Phi) is 3.20. The van der Waals surface area contributed by atoms with Gasteiger partial charge in [0, 0.05) is 12.6 Å². The molecule has 0 bridgehead atoms. The van der Waals surface area contributed by atoms with Crippen molar-refractivity contribution in [2.45, 2.75) is 18.6 Å². The smallest absolute Gasteiger partial charge is 0.407 e. The molecule has 1 aliphatic heterocycles. The molecule has 1 amide bonds. The molecule has 0 spiro atoms. The number of carboxylic acid groups (broad SMARTS) is 1. The molecule has 1 heterocycles. The molecule has 0 aromatic heterocycles. The zero-order valence-corrected chi connectivity index (χ0v) is 7.34. The van der Waals surface area contributed by atoms with Gasteiger partial charge in [0.05, 0.1) is 0 Å². The summed E-state index contributed by atoms with van der Waals surface area (Å²) in [7, 11) is 0. The summed E-state index contributed by atoms with van der Waals surface area (Å²) in [6.07, 6.45) is -5.56. The topological polar surface area (TPSA) is 52.6 Å². The number of halogens is 3. The SMILES string of the molecule is O=C(O)N(CC(F)(F)F)C1CCNC1. The van der Waals surface area contributed by atoms with Gasteiger partial charge in [-0.05, 0) is 13.0 Å². The first-order chi connectivity index (χ1) is 6.40. The fourth-order valence-electron chi connectivity index (χ4n) is 1.45. The third-order valence-corrected chi connectivity index (χ3v) is 2.07. The van der Waals surface area contributed by atoms with Crippen LogP contribution < -0.4 is 5.32 Å². The van der Waals surface area contributed by atoms with E-state index >= 15 is 0 Å². The summed E-state index contributed by atoms with van der Waals surface area (Å²) in [6, 6.07) is -0.561. The monoisotopic (exact) mass is 212 g/mol. The minimum absolute atomic E-state index is 0.294. The van der Waals surface area contributed by atoms with Gasteiger partial charge in [-0.2, -0.15) is 13.2 Å². The van der Waals surface area contributed by atoms with Crippen molar-refractivity contribution in [1.29, 1.82) is 0 Å². The van der Waals surface area contributed by atoms with Crippen molar-refractivity contribution in [3.05, 3.63) is 0 Å². The molecule has 82 valence electrons. The number of hydrogen-bond donors (Lipinski definition) is 2. The fraction of sp³-hybridized carbons (Fsp3) is 0.857. The van der Waals surface area contributed by atoms with Gasteiger partial charge in [-0.15, -0.1) is 0 Å². The minimum Gasteiger partial charge on any atom is -0.465 e. The second-order valence-electron chi connectivity index (χ2n) is 3.17. The van der Waals surface area contributed by atoms with Crippen LogP contribution in [-0.2, 0) is 0 Å². The summed E-state index contributed by atoms with van der Waals surface area (Å²) < 4.78 is 36.0. The second kappa shape index (κ2) is 4.04. The maximum Gasteiger partial charge on any atom is 0.407 e. The van der Waals surface area contributed by atoms with Crippen LogP contribution >= 0.6 is 0 Å². The lowest BCUT2D eigenvalue weighted by molar-refractivity contribution is -0.145. The number of nitrogens with zero attached hydrogens (tertiary/aromatic N) is 1. The highest BCUT2D eigenvalue weighted by atomic mass is 19.4. The fourth-order valence-corrected chi connectivity index (χ4v) is 1.45. The van der Waals surface area contributed by atoms with Crippen LogP contribution in [0, 0.1) is 0 Å². The number of carbonyl (C=O) groups is 1. The van der Waals surface area contributed by atoms with Gasteiger partial charge in [-0.1, -0.05) is 0 Å². The van der Waals surface area contributed by atoms with E-state index in [1.807, 2.05) is 0 Å². The zero-order chi connectivity index (χ0) is 10.8. The summed E-state index contributed by atoms with van der Waals surface area (Å²) in [6.45, 7) is -0.538. The van der Waals surface area contributed by atoms with Crippen molar-refractivity contribution < 1.29 is 23.1 Å². The Morgan fingerprint density at radius 1 is 1.57 bits per heavy atom. The van der Waals surface area contributed by atoms with Crippen LogP contribution in [0.2, 0.25) is 0 Å². The first-order valence-corrected chi connectivity index (χ1v) is 4.17. The standard InChI is InChI=1S/C7H11F3N2O2/c8-7(9,10)4-12(6(13)14)5-1-2-11-3-5/h5,11H,1-4H2,(H,13,14).